The summed E-state index contributed by atoms with van der Waals surface area (Å²) < 4.78 is 46.4. The highest BCUT2D eigenvalue weighted by Crippen LogP contribution is 2.54. The Morgan fingerprint density at radius 3 is 1.72 bits per heavy atom. The average Bonchev–Trinajstić information content (AvgIpc) is 3.27. The summed E-state index contributed by atoms with van der Waals surface area (Å²) in [5.41, 5.74) is -3.51. The van der Waals surface area contributed by atoms with Crippen LogP contribution in [0.2, 0.25) is 6.04 Å². The second kappa shape index (κ2) is 36.0. The Bertz CT molecular complexity index is 1080. The van der Waals surface area contributed by atoms with Crippen molar-refractivity contribution in [1.29, 1.82) is 0 Å². The molecule has 3 unspecified atom stereocenters. The molecule has 0 spiro atoms. The summed E-state index contributed by atoms with van der Waals surface area (Å²) in [4.78, 5) is 26.3. The van der Waals surface area contributed by atoms with Crippen LogP contribution in [-0.2, 0) is 41.8 Å². The van der Waals surface area contributed by atoms with Crippen molar-refractivity contribution in [3.63, 3.8) is 0 Å². The van der Waals surface area contributed by atoms with Crippen molar-refractivity contribution in [2.24, 2.45) is 16.2 Å². The maximum Gasteiger partial charge on any atom is 0.435 e. The molecule has 0 heterocycles. The number of hydrogen-bond acceptors (Lipinski definition) is 15. The lowest BCUT2D eigenvalue weighted by Gasteiger charge is -2.57. The topological polar surface area (TPSA) is 180 Å². The number of carbonyl (C=O) groups is 2. The van der Waals surface area contributed by atoms with Gasteiger partial charge in [-0.25, -0.2) is 0 Å². The van der Waals surface area contributed by atoms with E-state index >= 15 is 0 Å². The average molecular weight is 943 g/mol. The lowest BCUT2D eigenvalue weighted by Crippen LogP contribution is -2.70. The Balaban J connectivity index is 7.32. The van der Waals surface area contributed by atoms with E-state index in [4.69, 9.17) is 32.2 Å². The molecular weight excluding hydrogens is 857 g/mol. The molecular formula is C44H86O13S2Si2. The van der Waals surface area contributed by atoms with Gasteiger partial charge in [-0.05, 0) is 70.6 Å². The summed E-state index contributed by atoms with van der Waals surface area (Å²) >= 11 is 5.91. The first-order valence-electron chi connectivity index (χ1n) is 23.2. The summed E-state index contributed by atoms with van der Waals surface area (Å²) in [7, 11) is -0.863. The number of rotatable bonds is 44. The molecule has 0 aliphatic carbocycles. The molecule has 17 heteroatoms. The van der Waals surface area contributed by atoms with Crippen molar-refractivity contribution < 1.29 is 62.2 Å². The van der Waals surface area contributed by atoms with Crippen LogP contribution in [0, 0.1) is 16.2 Å². The molecule has 0 aromatic rings. The maximum atomic E-state index is 13.6. The number of hydrogen-bond donors (Lipinski definition) is 5. The van der Waals surface area contributed by atoms with Gasteiger partial charge in [0.05, 0.1) is 33.0 Å². The maximum absolute atomic E-state index is 13.6. The van der Waals surface area contributed by atoms with Crippen molar-refractivity contribution in [3.8, 4) is 0 Å². The summed E-state index contributed by atoms with van der Waals surface area (Å²) in [6, 6.07) is 0.566. The van der Waals surface area contributed by atoms with Crippen LogP contribution in [0.1, 0.15) is 164 Å². The Morgan fingerprint density at radius 2 is 1.20 bits per heavy atom. The molecule has 0 amide bonds. The Hall–Kier alpha value is -0.126. The minimum Gasteiger partial charge on any atom is -0.465 e. The highest BCUT2D eigenvalue weighted by Gasteiger charge is 2.68. The van der Waals surface area contributed by atoms with Gasteiger partial charge in [-0.1, -0.05) is 97.7 Å². The van der Waals surface area contributed by atoms with Gasteiger partial charge in [0.2, 0.25) is 9.76 Å². The molecule has 0 saturated heterocycles. The van der Waals surface area contributed by atoms with Gasteiger partial charge in [0, 0.05) is 55.7 Å². The summed E-state index contributed by atoms with van der Waals surface area (Å²) in [5, 5.41) is 41.7. The van der Waals surface area contributed by atoms with Crippen LogP contribution in [0.25, 0.3) is 0 Å². The largest absolute Gasteiger partial charge is 0.465 e. The Kier molecular flexibility index (Phi) is 36.0. The zero-order valence-electron chi connectivity index (χ0n) is 39.0. The predicted octanol–water partition coefficient (Wildman–Crippen LogP) is 7.83. The predicted molar refractivity (Wildman–Crippen MR) is 248 cm³/mol. The highest BCUT2D eigenvalue weighted by atomic mass is 32.2. The number of carbonyl (C=O) groups excluding carboxylic acids is 2. The molecule has 0 bridgehead atoms. The second-order valence-electron chi connectivity index (χ2n) is 16.1. The number of thioether (sulfide) groups is 1. The smallest absolute Gasteiger partial charge is 0.435 e. The van der Waals surface area contributed by atoms with Crippen molar-refractivity contribution in [1.82, 2.24) is 0 Å². The first-order chi connectivity index (χ1) is 29.4. The van der Waals surface area contributed by atoms with Crippen LogP contribution in [0.15, 0.2) is 0 Å². The lowest BCUT2D eigenvalue weighted by molar-refractivity contribution is -0.459. The zero-order chi connectivity index (χ0) is 45.9. The number of thiol groups is 1. The van der Waals surface area contributed by atoms with E-state index in [0.717, 1.165) is 51.4 Å². The number of esters is 1. The summed E-state index contributed by atoms with van der Waals surface area (Å²) in [6.07, 6.45) is 13.4. The quantitative estimate of drug-likeness (QED) is 0.0131. The van der Waals surface area contributed by atoms with E-state index in [2.05, 4.69) is 26.5 Å². The summed E-state index contributed by atoms with van der Waals surface area (Å²) in [5.74, 6) is -2.99. The molecule has 0 aromatic heterocycles. The third-order valence-electron chi connectivity index (χ3n) is 11.7. The summed E-state index contributed by atoms with van der Waals surface area (Å²) in [6.45, 7) is 12.0. The zero-order valence-corrected chi connectivity index (χ0v) is 42.7. The normalized spacial score (nSPS) is 15.3. The lowest BCUT2D eigenvalue weighted by atomic mass is 9.72. The van der Waals surface area contributed by atoms with Gasteiger partial charge in [-0.2, -0.15) is 12.6 Å². The van der Waals surface area contributed by atoms with Gasteiger partial charge in [0.1, 0.15) is 12.0 Å². The fraction of sp³-hybridized carbons (Fsp3) is 0.955. The second-order valence-corrected chi connectivity index (χ2v) is 19.4. The van der Waals surface area contributed by atoms with Crippen molar-refractivity contribution in [2.75, 3.05) is 71.0 Å². The number of aliphatic hydroxyl groups is 4. The van der Waals surface area contributed by atoms with Crippen molar-refractivity contribution in [3.05, 3.63) is 0 Å². The van der Waals surface area contributed by atoms with E-state index in [9.17, 15) is 30.0 Å². The van der Waals surface area contributed by atoms with E-state index in [1.807, 2.05) is 27.7 Å². The molecule has 0 aliphatic heterocycles. The van der Waals surface area contributed by atoms with E-state index in [0.29, 0.717) is 56.1 Å². The number of aliphatic hydroxyl groups excluding tert-OH is 4. The molecule has 0 aromatic carbocycles. The Labute approximate surface area is 385 Å². The van der Waals surface area contributed by atoms with Gasteiger partial charge in [-0.15, -0.1) is 0 Å². The highest BCUT2D eigenvalue weighted by molar-refractivity contribution is 8.13. The number of ether oxygens (including phenoxy) is 4. The molecule has 13 nitrogen and oxygen atoms in total. The molecule has 3 atom stereocenters. The molecule has 0 saturated carbocycles. The fourth-order valence-electron chi connectivity index (χ4n) is 6.89. The van der Waals surface area contributed by atoms with Crippen molar-refractivity contribution in [2.45, 2.75) is 182 Å². The monoisotopic (exact) mass is 943 g/mol. The van der Waals surface area contributed by atoms with Gasteiger partial charge in [0.25, 0.3) is 5.97 Å². The van der Waals surface area contributed by atoms with Crippen LogP contribution in [-0.4, -0.2) is 134 Å². The van der Waals surface area contributed by atoms with Crippen LogP contribution in [0.4, 0.5) is 0 Å². The van der Waals surface area contributed by atoms with E-state index in [-0.39, 0.29) is 93.6 Å². The molecule has 0 rings (SSSR count). The van der Waals surface area contributed by atoms with Crippen LogP contribution in [0.5, 0.6) is 0 Å². The first-order valence-corrected chi connectivity index (χ1v) is 26.7. The van der Waals surface area contributed by atoms with Crippen LogP contribution >= 0.6 is 24.4 Å². The van der Waals surface area contributed by atoms with Gasteiger partial charge >= 0.3 is 16.0 Å². The van der Waals surface area contributed by atoms with Gasteiger partial charge in [-0.3, -0.25) is 9.59 Å². The molecule has 4 radical (unpaired) electrons. The molecule has 0 fully saturated rings. The van der Waals surface area contributed by atoms with Gasteiger partial charge in [0.15, 0.2) is 10.9 Å². The van der Waals surface area contributed by atoms with E-state index < -0.39 is 44.0 Å². The van der Waals surface area contributed by atoms with E-state index in [1.165, 1.54) is 18.2 Å². The van der Waals surface area contributed by atoms with E-state index in [1.54, 1.807) is 6.92 Å². The molecule has 360 valence electrons. The Morgan fingerprint density at radius 1 is 0.623 bits per heavy atom. The minimum absolute atomic E-state index is 0.00619. The number of unbranched alkanes of at least 4 members (excludes halogenated alkanes) is 8. The SMILES string of the molecule is CCCCCCCC(=O)OCC(CC)(C(CCCS)(OCC)O[Si]OCC(CC)(CO)CO)C(OCC)(OCC(CC)(CO)CO)O[Si]CCCSC(=O)CCCCCCC. The molecule has 4 N–H and O–H groups in total. The third kappa shape index (κ3) is 20.9. The molecule has 61 heavy (non-hydrogen) atoms. The first kappa shape index (κ1) is 60.9. The van der Waals surface area contributed by atoms with Crippen LogP contribution < -0.4 is 0 Å². The molecule has 0 aliphatic rings. The third-order valence-corrected chi connectivity index (χ3v) is 14.7. The fourth-order valence-corrected chi connectivity index (χ4v) is 9.95. The standard InChI is InChI=1S/C44H86O13S2Si2/c1-8-15-17-19-21-25-38(49)51-37-42(12-5,43(52-13-6,27-23-28-58)56-61-55-36-41(11-4,33-47)34-48)44(53-14-7,54-35-40(10-3,31-45)32-46)57-60-30-24-29-59-39(50)26-22-20-18-16-9-2/h45-48,58H,8-37H2,1-7H3. The van der Waals surface area contributed by atoms with Crippen molar-refractivity contribution >= 4 is 55.2 Å². The van der Waals surface area contributed by atoms with Crippen LogP contribution in [0.3, 0.4) is 0 Å². The minimum atomic E-state index is -2.03. The van der Waals surface area contributed by atoms with Gasteiger partial charge < -0.3 is 52.7 Å².